The normalized spacial score (nSPS) is 10.1. The van der Waals surface area contributed by atoms with E-state index in [-0.39, 0.29) is 0 Å². The minimum Gasteiger partial charge on any atom is -0.399 e. The Labute approximate surface area is 99.0 Å². The van der Waals surface area contributed by atoms with E-state index in [1.807, 2.05) is 18.2 Å². The maximum Gasteiger partial charge on any atom is 0.248 e. The molecule has 6 N–H and O–H groups in total. The maximum absolute atomic E-state index is 11.2. The van der Waals surface area contributed by atoms with Gasteiger partial charge in [0.25, 0.3) is 0 Å². The molecule has 86 valence electrons. The highest BCUT2D eigenvalue weighted by molar-refractivity contribution is 5.96. The number of nitrogen functional groups attached to an aromatic ring is 2. The van der Waals surface area contributed by atoms with Crippen molar-refractivity contribution in [1.29, 1.82) is 0 Å². The number of benzene rings is 2. The van der Waals surface area contributed by atoms with E-state index in [1.165, 1.54) is 0 Å². The van der Waals surface area contributed by atoms with Crippen molar-refractivity contribution in [3.63, 3.8) is 0 Å². The SMILES string of the molecule is NC(=O)c1cc(N)cc(-c2ccccc2N)c1. The molecule has 17 heavy (non-hydrogen) atoms. The Hall–Kier alpha value is -2.49. The predicted molar refractivity (Wildman–Crippen MR) is 69.2 cm³/mol. The van der Waals surface area contributed by atoms with Gasteiger partial charge in [-0.3, -0.25) is 4.79 Å². The molecule has 0 unspecified atom stereocenters. The standard InChI is InChI=1S/C13H13N3O/c14-10-6-8(5-9(7-10)13(16)17)11-3-1-2-4-12(11)15/h1-7H,14-15H2,(H2,16,17). The van der Waals surface area contributed by atoms with E-state index in [4.69, 9.17) is 17.2 Å². The van der Waals surface area contributed by atoms with E-state index in [0.29, 0.717) is 16.9 Å². The van der Waals surface area contributed by atoms with Gasteiger partial charge in [0.05, 0.1) is 0 Å². The molecule has 0 aliphatic rings. The Bertz CT molecular complexity index is 579. The monoisotopic (exact) mass is 227 g/mol. The Kier molecular flexibility index (Phi) is 2.70. The van der Waals surface area contributed by atoms with Crippen LogP contribution in [0.4, 0.5) is 11.4 Å². The first kappa shape index (κ1) is 11.0. The Morgan fingerprint density at radius 3 is 2.35 bits per heavy atom. The summed E-state index contributed by atoms with van der Waals surface area (Å²) in [5, 5.41) is 0. The van der Waals surface area contributed by atoms with Gasteiger partial charge < -0.3 is 17.2 Å². The summed E-state index contributed by atoms with van der Waals surface area (Å²) in [6.45, 7) is 0. The molecule has 0 heterocycles. The number of primary amides is 1. The number of carbonyl (C=O) groups is 1. The van der Waals surface area contributed by atoms with E-state index >= 15 is 0 Å². The molecule has 0 atom stereocenters. The molecular formula is C13H13N3O. The van der Waals surface area contributed by atoms with Crippen LogP contribution in [0.15, 0.2) is 42.5 Å². The third-order valence-corrected chi connectivity index (χ3v) is 2.51. The van der Waals surface area contributed by atoms with Crippen LogP contribution in [0.1, 0.15) is 10.4 Å². The first-order valence-electron chi connectivity index (χ1n) is 5.13. The highest BCUT2D eigenvalue weighted by Gasteiger charge is 2.07. The van der Waals surface area contributed by atoms with E-state index < -0.39 is 5.91 Å². The second-order valence-corrected chi connectivity index (χ2v) is 3.80. The quantitative estimate of drug-likeness (QED) is 0.680. The fraction of sp³-hybridized carbons (Fsp3) is 0. The predicted octanol–water partition coefficient (Wildman–Crippen LogP) is 1.62. The summed E-state index contributed by atoms with van der Waals surface area (Å²) in [5.74, 6) is -0.506. The van der Waals surface area contributed by atoms with Gasteiger partial charge in [-0.05, 0) is 29.8 Å². The molecule has 0 aliphatic heterocycles. The molecule has 0 radical (unpaired) electrons. The van der Waals surface area contributed by atoms with Crippen LogP contribution in [0.3, 0.4) is 0 Å². The summed E-state index contributed by atoms with van der Waals surface area (Å²) in [6, 6.07) is 12.4. The Morgan fingerprint density at radius 2 is 1.71 bits per heavy atom. The smallest absolute Gasteiger partial charge is 0.248 e. The molecule has 2 aromatic carbocycles. The van der Waals surface area contributed by atoms with Gasteiger partial charge in [-0.1, -0.05) is 18.2 Å². The zero-order valence-corrected chi connectivity index (χ0v) is 9.18. The van der Waals surface area contributed by atoms with Crippen LogP contribution >= 0.6 is 0 Å². The highest BCUT2D eigenvalue weighted by atomic mass is 16.1. The molecule has 0 aliphatic carbocycles. The van der Waals surface area contributed by atoms with Crippen LogP contribution in [-0.2, 0) is 0 Å². The van der Waals surface area contributed by atoms with Gasteiger partial charge in [0.2, 0.25) is 5.91 Å². The zero-order chi connectivity index (χ0) is 12.4. The van der Waals surface area contributed by atoms with Crippen LogP contribution < -0.4 is 17.2 Å². The van der Waals surface area contributed by atoms with Gasteiger partial charge in [-0.25, -0.2) is 0 Å². The minimum atomic E-state index is -0.506. The molecular weight excluding hydrogens is 214 g/mol. The number of hydrogen-bond acceptors (Lipinski definition) is 3. The first-order valence-corrected chi connectivity index (χ1v) is 5.13. The molecule has 2 rings (SSSR count). The Balaban J connectivity index is 2.60. The van der Waals surface area contributed by atoms with Crippen molar-refractivity contribution in [2.45, 2.75) is 0 Å². The fourth-order valence-corrected chi connectivity index (χ4v) is 1.71. The molecule has 4 heteroatoms. The molecule has 0 saturated carbocycles. The van der Waals surface area contributed by atoms with Crippen LogP contribution in [0.25, 0.3) is 11.1 Å². The topological polar surface area (TPSA) is 95.1 Å². The highest BCUT2D eigenvalue weighted by Crippen LogP contribution is 2.28. The summed E-state index contributed by atoms with van der Waals surface area (Å²) in [7, 11) is 0. The molecule has 4 nitrogen and oxygen atoms in total. The molecule has 0 bridgehead atoms. The molecule has 2 aromatic rings. The number of amides is 1. The number of carbonyl (C=O) groups excluding carboxylic acids is 1. The van der Waals surface area contributed by atoms with Crippen molar-refractivity contribution >= 4 is 17.3 Å². The molecule has 0 spiro atoms. The van der Waals surface area contributed by atoms with Crippen molar-refractivity contribution in [3.8, 4) is 11.1 Å². The second kappa shape index (κ2) is 4.17. The van der Waals surface area contributed by atoms with Crippen LogP contribution in [0.5, 0.6) is 0 Å². The third-order valence-electron chi connectivity index (χ3n) is 2.51. The molecule has 0 aromatic heterocycles. The largest absolute Gasteiger partial charge is 0.399 e. The van der Waals surface area contributed by atoms with E-state index in [2.05, 4.69) is 0 Å². The van der Waals surface area contributed by atoms with Crippen LogP contribution in [0, 0.1) is 0 Å². The molecule has 1 amide bonds. The van der Waals surface area contributed by atoms with Gasteiger partial charge in [-0.15, -0.1) is 0 Å². The summed E-state index contributed by atoms with van der Waals surface area (Å²) >= 11 is 0. The van der Waals surface area contributed by atoms with Crippen molar-refractivity contribution in [2.75, 3.05) is 11.5 Å². The third kappa shape index (κ3) is 2.20. The zero-order valence-electron chi connectivity index (χ0n) is 9.18. The summed E-state index contributed by atoms with van der Waals surface area (Å²) in [6.07, 6.45) is 0. The van der Waals surface area contributed by atoms with Gasteiger partial charge in [0.1, 0.15) is 0 Å². The first-order chi connectivity index (χ1) is 8.08. The summed E-state index contributed by atoms with van der Waals surface area (Å²) in [5.41, 5.74) is 20.0. The minimum absolute atomic E-state index is 0.378. The van der Waals surface area contributed by atoms with Crippen LogP contribution in [-0.4, -0.2) is 5.91 Å². The van der Waals surface area contributed by atoms with Crippen molar-refractivity contribution in [3.05, 3.63) is 48.0 Å². The number of nitrogens with two attached hydrogens (primary N) is 3. The average molecular weight is 227 g/mol. The van der Waals surface area contributed by atoms with Crippen molar-refractivity contribution in [1.82, 2.24) is 0 Å². The van der Waals surface area contributed by atoms with Gasteiger partial charge in [-0.2, -0.15) is 0 Å². The number of para-hydroxylation sites is 1. The lowest BCUT2D eigenvalue weighted by Crippen LogP contribution is -2.11. The molecule has 0 saturated heterocycles. The number of hydrogen-bond donors (Lipinski definition) is 3. The molecule has 0 fully saturated rings. The van der Waals surface area contributed by atoms with Gasteiger partial charge >= 0.3 is 0 Å². The lowest BCUT2D eigenvalue weighted by atomic mass is 10.0. The number of rotatable bonds is 2. The fourth-order valence-electron chi connectivity index (χ4n) is 1.71. The summed E-state index contributed by atoms with van der Waals surface area (Å²) in [4.78, 5) is 11.2. The summed E-state index contributed by atoms with van der Waals surface area (Å²) < 4.78 is 0. The van der Waals surface area contributed by atoms with E-state index in [9.17, 15) is 4.79 Å². The van der Waals surface area contributed by atoms with Crippen molar-refractivity contribution < 1.29 is 4.79 Å². The lowest BCUT2D eigenvalue weighted by molar-refractivity contribution is 0.100. The van der Waals surface area contributed by atoms with Gasteiger partial charge in [0.15, 0.2) is 0 Å². The van der Waals surface area contributed by atoms with Crippen LogP contribution in [0.2, 0.25) is 0 Å². The lowest BCUT2D eigenvalue weighted by Gasteiger charge is -2.08. The number of anilines is 2. The second-order valence-electron chi connectivity index (χ2n) is 3.80. The van der Waals surface area contributed by atoms with E-state index in [0.717, 1.165) is 11.1 Å². The van der Waals surface area contributed by atoms with E-state index in [1.54, 1.807) is 24.3 Å². The van der Waals surface area contributed by atoms with Gasteiger partial charge in [0, 0.05) is 22.5 Å². The van der Waals surface area contributed by atoms with Crippen molar-refractivity contribution in [2.24, 2.45) is 5.73 Å². The average Bonchev–Trinajstić information content (AvgIpc) is 2.28. The Morgan fingerprint density at radius 1 is 1.00 bits per heavy atom. The maximum atomic E-state index is 11.2.